The van der Waals surface area contributed by atoms with Crippen LogP contribution in [0.4, 0.5) is 0 Å². The molecule has 86 valence electrons. The van der Waals surface area contributed by atoms with Crippen molar-refractivity contribution in [3.63, 3.8) is 0 Å². The molecule has 15 heavy (non-hydrogen) atoms. The number of carbonyl (C=O) groups excluding carboxylic acids is 2. The largest absolute Gasteiger partial charge is 0.463 e. The molecule has 0 aliphatic rings. The molecule has 0 N–H and O–H groups in total. The minimum absolute atomic E-state index is 0.0793. The Hall–Kier alpha value is -1.32. The molecule has 0 aromatic carbocycles. The van der Waals surface area contributed by atoms with E-state index in [4.69, 9.17) is 4.74 Å². The fourth-order valence-electron chi connectivity index (χ4n) is 0.985. The summed E-state index contributed by atoms with van der Waals surface area (Å²) >= 11 is 0. The lowest BCUT2D eigenvalue weighted by Gasteiger charge is -2.11. The first-order chi connectivity index (χ1) is 7.13. The Morgan fingerprint density at radius 1 is 1.07 bits per heavy atom. The Bertz CT molecular complexity index is 229. The predicted octanol–water partition coefficient (Wildman–Crippen LogP) is 1.84. The zero-order valence-corrected chi connectivity index (χ0v) is 9.49. The van der Waals surface area contributed by atoms with Gasteiger partial charge in [-0.15, -0.1) is 0 Å². The van der Waals surface area contributed by atoms with Gasteiger partial charge in [-0.2, -0.15) is 0 Å². The highest BCUT2D eigenvalue weighted by atomic mass is 16.5. The van der Waals surface area contributed by atoms with Crippen molar-refractivity contribution in [1.29, 1.82) is 0 Å². The van der Waals surface area contributed by atoms with Gasteiger partial charge in [0.1, 0.15) is 6.10 Å². The molecule has 0 aliphatic carbocycles. The summed E-state index contributed by atoms with van der Waals surface area (Å²) in [5.74, 6) is -1.03. The minimum atomic E-state index is -0.529. The molecule has 0 aromatic heterocycles. The molecule has 0 saturated carbocycles. The summed E-state index contributed by atoms with van der Waals surface area (Å²) in [6, 6.07) is 0. The Morgan fingerprint density at radius 3 is 2.07 bits per heavy atom. The zero-order chi connectivity index (χ0) is 11.7. The summed E-state index contributed by atoms with van der Waals surface area (Å²) < 4.78 is 9.66. The van der Waals surface area contributed by atoms with Crippen LogP contribution >= 0.6 is 0 Å². The Labute approximate surface area is 90.2 Å². The molecule has 4 heteroatoms. The van der Waals surface area contributed by atoms with Crippen LogP contribution in [-0.2, 0) is 19.1 Å². The molecule has 0 rings (SSSR count). The van der Waals surface area contributed by atoms with Crippen molar-refractivity contribution in [3.05, 3.63) is 12.2 Å². The molecule has 0 heterocycles. The van der Waals surface area contributed by atoms with Crippen LogP contribution in [0, 0.1) is 0 Å². The number of carbonyl (C=O) groups is 2. The van der Waals surface area contributed by atoms with Crippen molar-refractivity contribution in [3.8, 4) is 0 Å². The molecular weight excluding hydrogens is 196 g/mol. The van der Waals surface area contributed by atoms with Crippen molar-refractivity contribution >= 4 is 11.9 Å². The lowest BCUT2D eigenvalue weighted by molar-refractivity contribution is -0.144. The molecule has 0 radical (unpaired) electrons. The third-order valence-electron chi connectivity index (χ3n) is 1.84. The van der Waals surface area contributed by atoms with Gasteiger partial charge in [0.05, 0.1) is 6.61 Å². The topological polar surface area (TPSA) is 52.6 Å². The zero-order valence-electron chi connectivity index (χ0n) is 9.49. The van der Waals surface area contributed by atoms with Gasteiger partial charge in [0.2, 0.25) is 0 Å². The number of hydrogen-bond donors (Lipinski definition) is 0. The molecule has 4 nitrogen and oxygen atoms in total. The van der Waals surface area contributed by atoms with E-state index >= 15 is 0 Å². The molecular formula is C11H18O4. The number of hydrogen-bond acceptors (Lipinski definition) is 4. The maximum absolute atomic E-state index is 11.2. The molecule has 0 spiro atoms. The van der Waals surface area contributed by atoms with Crippen molar-refractivity contribution in [1.82, 2.24) is 0 Å². The summed E-state index contributed by atoms with van der Waals surface area (Å²) in [6.45, 7) is 5.88. The van der Waals surface area contributed by atoms with Crippen LogP contribution in [-0.4, -0.2) is 24.6 Å². The fourth-order valence-corrected chi connectivity index (χ4v) is 0.985. The molecule has 0 amide bonds. The standard InChI is InChI=1S/C11H18O4/c1-4-9(5-2)15-11(13)8-7-10(12)14-6-3/h7-9H,4-6H2,1-3H3/b8-7+. The van der Waals surface area contributed by atoms with Gasteiger partial charge in [0, 0.05) is 12.2 Å². The van der Waals surface area contributed by atoms with Gasteiger partial charge >= 0.3 is 11.9 Å². The number of rotatable bonds is 6. The van der Waals surface area contributed by atoms with Gasteiger partial charge in [-0.05, 0) is 19.8 Å². The van der Waals surface area contributed by atoms with E-state index in [2.05, 4.69) is 4.74 Å². The second-order valence-corrected chi connectivity index (χ2v) is 2.96. The van der Waals surface area contributed by atoms with E-state index in [1.165, 1.54) is 0 Å². The second-order valence-electron chi connectivity index (χ2n) is 2.96. The highest BCUT2D eigenvalue weighted by Crippen LogP contribution is 2.03. The monoisotopic (exact) mass is 214 g/mol. The van der Waals surface area contributed by atoms with E-state index in [9.17, 15) is 9.59 Å². The average Bonchev–Trinajstić information content (AvgIpc) is 2.23. The minimum Gasteiger partial charge on any atom is -0.463 e. The van der Waals surface area contributed by atoms with Gasteiger partial charge < -0.3 is 9.47 Å². The van der Waals surface area contributed by atoms with Gasteiger partial charge in [-0.1, -0.05) is 13.8 Å². The SMILES string of the molecule is CCOC(=O)/C=C/C(=O)OC(CC)CC. The highest BCUT2D eigenvalue weighted by molar-refractivity contribution is 5.91. The van der Waals surface area contributed by atoms with E-state index in [1.54, 1.807) is 6.92 Å². The molecule has 0 bridgehead atoms. The van der Waals surface area contributed by atoms with Crippen LogP contribution in [0.25, 0.3) is 0 Å². The normalized spacial score (nSPS) is 10.7. The Kier molecular flexibility index (Phi) is 7.32. The molecule has 0 aliphatic heterocycles. The lowest BCUT2D eigenvalue weighted by Crippen LogP contribution is -2.15. The first-order valence-electron chi connectivity index (χ1n) is 5.19. The molecule has 0 fully saturated rings. The summed E-state index contributed by atoms with van der Waals surface area (Å²) in [5, 5.41) is 0. The van der Waals surface area contributed by atoms with Crippen molar-refractivity contribution < 1.29 is 19.1 Å². The lowest BCUT2D eigenvalue weighted by atomic mass is 10.2. The van der Waals surface area contributed by atoms with Crippen molar-refractivity contribution in [2.45, 2.75) is 39.7 Å². The van der Waals surface area contributed by atoms with Crippen LogP contribution in [0.2, 0.25) is 0 Å². The van der Waals surface area contributed by atoms with Gasteiger partial charge in [-0.25, -0.2) is 9.59 Å². The summed E-state index contributed by atoms with van der Waals surface area (Å²) in [6.07, 6.45) is 3.64. The molecule has 0 aromatic rings. The predicted molar refractivity (Wildman–Crippen MR) is 56.2 cm³/mol. The summed E-state index contributed by atoms with van der Waals surface area (Å²) in [5.41, 5.74) is 0. The summed E-state index contributed by atoms with van der Waals surface area (Å²) in [7, 11) is 0. The Balaban J connectivity index is 3.96. The first-order valence-corrected chi connectivity index (χ1v) is 5.19. The van der Waals surface area contributed by atoms with E-state index in [1.807, 2.05) is 13.8 Å². The smallest absolute Gasteiger partial charge is 0.331 e. The maximum atomic E-state index is 11.2. The molecule has 0 atom stereocenters. The van der Waals surface area contributed by atoms with Crippen molar-refractivity contribution in [2.24, 2.45) is 0 Å². The van der Waals surface area contributed by atoms with Gasteiger partial charge in [-0.3, -0.25) is 0 Å². The summed E-state index contributed by atoms with van der Waals surface area (Å²) in [4.78, 5) is 22.0. The van der Waals surface area contributed by atoms with E-state index in [0.29, 0.717) is 6.61 Å². The second kappa shape index (κ2) is 8.03. The van der Waals surface area contributed by atoms with Crippen LogP contribution in [0.5, 0.6) is 0 Å². The third-order valence-corrected chi connectivity index (χ3v) is 1.84. The van der Waals surface area contributed by atoms with Crippen LogP contribution in [0.3, 0.4) is 0 Å². The highest BCUT2D eigenvalue weighted by Gasteiger charge is 2.07. The fraction of sp³-hybridized carbons (Fsp3) is 0.636. The Morgan fingerprint density at radius 2 is 1.60 bits per heavy atom. The van der Waals surface area contributed by atoms with E-state index < -0.39 is 11.9 Å². The van der Waals surface area contributed by atoms with E-state index in [0.717, 1.165) is 25.0 Å². The van der Waals surface area contributed by atoms with Gasteiger partial charge in [0.15, 0.2) is 0 Å². The maximum Gasteiger partial charge on any atom is 0.331 e. The first kappa shape index (κ1) is 13.7. The quantitative estimate of drug-likeness (QED) is 0.500. The van der Waals surface area contributed by atoms with Gasteiger partial charge in [0.25, 0.3) is 0 Å². The number of esters is 2. The van der Waals surface area contributed by atoms with Crippen molar-refractivity contribution in [2.75, 3.05) is 6.61 Å². The average molecular weight is 214 g/mol. The third kappa shape index (κ3) is 6.71. The number of ether oxygens (including phenoxy) is 2. The van der Waals surface area contributed by atoms with Crippen LogP contribution in [0.15, 0.2) is 12.2 Å². The van der Waals surface area contributed by atoms with Crippen LogP contribution < -0.4 is 0 Å². The molecule has 0 saturated heterocycles. The van der Waals surface area contributed by atoms with Crippen LogP contribution in [0.1, 0.15) is 33.6 Å². The molecule has 0 unspecified atom stereocenters. The van der Waals surface area contributed by atoms with E-state index in [-0.39, 0.29) is 6.10 Å².